The molecule has 1 N–H and O–H groups in total. The molecule has 2 aromatic rings. The van der Waals surface area contributed by atoms with Crippen molar-refractivity contribution in [2.75, 3.05) is 37.5 Å². The molecule has 6 nitrogen and oxygen atoms in total. The van der Waals surface area contributed by atoms with Crippen LogP contribution in [0.25, 0.3) is 0 Å². The van der Waals surface area contributed by atoms with Crippen molar-refractivity contribution in [2.24, 2.45) is 5.41 Å². The molecule has 1 saturated heterocycles. The van der Waals surface area contributed by atoms with Gasteiger partial charge in [0.15, 0.2) is 0 Å². The molecule has 1 fully saturated rings. The summed E-state index contributed by atoms with van der Waals surface area (Å²) >= 11 is 0. The van der Waals surface area contributed by atoms with Crippen molar-refractivity contribution in [3.05, 3.63) is 59.2 Å². The fourth-order valence-corrected chi connectivity index (χ4v) is 4.33. The maximum absolute atomic E-state index is 13.6. The Morgan fingerprint density at radius 3 is 2.50 bits per heavy atom. The van der Waals surface area contributed by atoms with Gasteiger partial charge in [-0.25, -0.2) is 0 Å². The zero-order valence-electron chi connectivity index (χ0n) is 21.5. The van der Waals surface area contributed by atoms with Gasteiger partial charge in [0.25, 0.3) is 5.91 Å². The molecule has 34 heavy (non-hydrogen) atoms. The Balaban J connectivity index is 1.89. The van der Waals surface area contributed by atoms with Crippen molar-refractivity contribution in [1.29, 1.82) is 0 Å². The predicted molar refractivity (Wildman–Crippen MR) is 138 cm³/mol. The summed E-state index contributed by atoms with van der Waals surface area (Å²) in [5, 5.41) is 3.03. The Morgan fingerprint density at radius 2 is 1.88 bits per heavy atom. The molecule has 2 aromatic carbocycles. The van der Waals surface area contributed by atoms with Crippen LogP contribution in [-0.2, 0) is 16.1 Å². The summed E-state index contributed by atoms with van der Waals surface area (Å²) in [6, 6.07) is 13.6. The minimum absolute atomic E-state index is 0.00826. The summed E-state index contributed by atoms with van der Waals surface area (Å²) < 4.78 is 5.87. The summed E-state index contributed by atoms with van der Waals surface area (Å²) in [6.45, 7) is 9.86. The van der Waals surface area contributed by atoms with E-state index in [9.17, 15) is 9.59 Å². The largest absolute Gasteiger partial charge is 0.377 e. The number of hydrogen-bond donors (Lipinski definition) is 1. The number of rotatable bonds is 8. The lowest BCUT2D eigenvalue weighted by molar-refractivity contribution is -0.117. The highest BCUT2D eigenvalue weighted by atomic mass is 16.5. The first-order chi connectivity index (χ1) is 16.0. The molecule has 2 amide bonds. The smallest absolute Gasteiger partial charge is 0.254 e. The molecule has 0 saturated carbocycles. The Kier molecular flexibility index (Phi) is 8.37. The minimum atomic E-state index is -0.0885. The SMILES string of the molecule is Cc1cccc(C(=O)N(Cc2cc(NC(=O)CC(C)(C)C)ccc2N(C)C)C[C@H]2CCCO2)c1. The standard InChI is InChI=1S/C28H39N3O3/c1-20-9-7-10-21(15-20)27(33)31(19-24-11-8-14-34-24)18-22-16-23(12-13-25(22)30(5)6)29-26(32)17-28(2,3)4/h7,9-10,12-13,15-16,24H,8,11,14,17-19H2,1-6H3,(H,29,32)/t24-/m1/s1. The molecule has 0 aromatic heterocycles. The molecule has 0 unspecified atom stereocenters. The summed E-state index contributed by atoms with van der Waals surface area (Å²) in [5.41, 5.74) is 4.39. The number of hydrogen-bond acceptors (Lipinski definition) is 4. The number of anilines is 2. The molecular formula is C28H39N3O3. The van der Waals surface area contributed by atoms with Crippen LogP contribution in [0.15, 0.2) is 42.5 Å². The summed E-state index contributed by atoms with van der Waals surface area (Å²) in [6.07, 6.45) is 2.47. The van der Waals surface area contributed by atoms with E-state index in [0.717, 1.165) is 42.0 Å². The Morgan fingerprint density at radius 1 is 1.12 bits per heavy atom. The van der Waals surface area contributed by atoms with E-state index in [0.29, 0.717) is 25.1 Å². The molecule has 6 heteroatoms. The number of nitrogens with one attached hydrogen (secondary N) is 1. The minimum Gasteiger partial charge on any atom is -0.377 e. The van der Waals surface area contributed by atoms with Gasteiger partial charge in [0.2, 0.25) is 5.91 Å². The maximum Gasteiger partial charge on any atom is 0.254 e. The lowest BCUT2D eigenvalue weighted by atomic mass is 9.92. The Bertz CT molecular complexity index is 1000. The van der Waals surface area contributed by atoms with Crippen molar-refractivity contribution in [1.82, 2.24) is 4.90 Å². The normalized spacial score (nSPS) is 15.8. The van der Waals surface area contributed by atoms with Crippen LogP contribution in [0.5, 0.6) is 0 Å². The molecule has 1 aliphatic rings. The van der Waals surface area contributed by atoms with Crippen molar-refractivity contribution in [3.8, 4) is 0 Å². The Hall–Kier alpha value is -2.86. The van der Waals surface area contributed by atoms with Gasteiger partial charge < -0.3 is 19.9 Å². The van der Waals surface area contributed by atoms with Crippen molar-refractivity contribution in [2.45, 2.75) is 59.6 Å². The van der Waals surface area contributed by atoms with Crippen LogP contribution in [0, 0.1) is 12.3 Å². The molecule has 3 rings (SSSR count). The molecule has 0 bridgehead atoms. The zero-order chi connectivity index (χ0) is 24.9. The quantitative estimate of drug-likeness (QED) is 0.578. The maximum atomic E-state index is 13.6. The summed E-state index contributed by atoms with van der Waals surface area (Å²) in [7, 11) is 3.98. The lowest BCUT2D eigenvalue weighted by Gasteiger charge is -2.28. The fourth-order valence-electron chi connectivity index (χ4n) is 4.33. The van der Waals surface area contributed by atoms with E-state index < -0.39 is 0 Å². The van der Waals surface area contributed by atoms with Crippen LogP contribution < -0.4 is 10.2 Å². The molecule has 1 heterocycles. The molecule has 0 radical (unpaired) electrons. The molecule has 1 aliphatic heterocycles. The molecule has 1 atom stereocenters. The number of carbonyl (C=O) groups is 2. The molecule has 0 spiro atoms. The lowest BCUT2D eigenvalue weighted by Crippen LogP contribution is -2.37. The van der Waals surface area contributed by atoms with E-state index in [2.05, 4.69) is 5.32 Å². The first kappa shape index (κ1) is 25.8. The Labute approximate surface area is 204 Å². The molecule has 0 aliphatic carbocycles. The van der Waals surface area contributed by atoms with Gasteiger partial charge in [0.1, 0.15) is 0 Å². The van der Waals surface area contributed by atoms with Gasteiger partial charge >= 0.3 is 0 Å². The van der Waals surface area contributed by atoms with Crippen molar-refractivity contribution < 1.29 is 14.3 Å². The first-order valence-electron chi connectivity index (χ1n) is 12.1. The zero-order valence-corrected chi connectivity index (χ0v) is 21.5. The van der Waals surface area contributed by atoms with Gasteiger partial charge in [0, 0.05) is 57.2 Å². The van der Waals surface area contributed by atoms with E-state index in [4.69, 9.17) is 4.74 Å². The second kappa shape index (κ2) is 11.0. The second-order valence-electron chi connectivity index (χ2n) is 10.7. The third-order valence-corrected chi connectivity index (χ3v) is 5.90. The van der Waals surface area contributed by atoms with Gasteiger partial charge in [-0.15, -0.1) is 0 Å². The third kappa shape index (κ3) is 7.32. The fraction of sp³-hybridized carbons (Fsp3) is 0.500. The van der Waals surface area contributed by atoms with E-state index in [1.165, 1.54) is 0 Å². The van der Waals surface area contributed by atoms with Gasteiger partial charge in [-0.1, -0.05) is 38.5 Å². The van der Waals surface area contributed by atoms with E-state index in [1.807, 2.05) is 94.1 Å². The first-order valence-corrected chi connectivity index (χ1v) is 12.1. The second-order valence-corrected chi connectivity index (χ2v) is 10.7. The van der Waals surface area contributed by atoms with Crippen LogP contribution in [0.4, 0.5) is 11.4 Å². The highest BCUT2D eigenvalue weighted by Gasteiger charge is 2.25. The van der Waals surface area contributed by atoms with E-state index in [-0.39, 0.29) is 23.3 Å². The highest BCUT2D eigenvalue weighted by molar-refractivity contribution is 5.94. The van der Waals surface area contributed by atoms with E-state index >= 15 is 0 Å². The predicted octanol–water partition coefficient (Wildman–Crippen LogP) is 5.26. The number of benzene rings is 2. The van der Waals surface area contributed by atoms with Crippen molar-refractivity contribution in [3.63, 3.8) is 0 Å². The van der Waals surface area contributed by atoms with Gasteiger partial charge in [-0.3, -0.25) is 9.59 Å². The highest BCUT2D eigenvalue weighted by Crippen LogP contribution is 2.27. The molecular weight excluding hydrogens is 426 g/mol. The van der Waals surface area contributed by atoms with Crippen LogP contribution >= 0.6 is 0 Å². The number of aryl methyl sites for hydroxylation is 1. The number of ether oxygens (including phenoxy) is 1. The van der Waals surface area contributed by atoms with Crippen molar-refractivity contribution >= 4 is 23.2 Å². The van der Waals surface area contributed by atoms with Crippen LogP contribution in [0.3, 0.4) is 0 Å². The number of carbonyl (C=O) groups excluding carboxylic acids is 2. The van der Waals surface area contributed by atoms with Crippen LogP contribution in [0.2, 0.25) is 0 Å². The average Bonchev–Trinajstić information content (AvgIpc) is 3.24. The monoisotopic (exact) mass is 465 g/mol. The van der Waals surface area contributed by atoms with Gasteiger partial charge in [-0.2, -0.15) is 0 Å². The third-order valence-electron chi connectivity index (χ3n) is 5.90. The van der Waals surface area contributed by atoms with Gasteiger partial charge in [0.05, 0.1) is 6.10 Å². The van der Waals surface area contributed by atoms with Crippen LogP contribution in [0.1, 0.15) is 61.5 Å². The van der Waals surface area contributed by atoms with Gasteiger partial charge in [-0.05, 0) is 61.1 Å². The van der Waals surface area contributed by atoms with Crippen LogP contribution in [-0.4, -0.2) is 50.1 Å². The topological polar surface area (TPSA) is 61.9 Å². The number of amides is 2. The molecule has 184 valence electrons. The summed E-state index contributed by atoms with van der Waals surface area (Å²) in [4.78, 5) is 30.0. The number of nitrogens with zero attached hydrogens (tertiary/aromatic N) is 2. The van der Waals surface area contributed by atoms with E-state index in [1.54, 1.807) is 0 Å². The summed E-state index contributed by atoms with van der Waals surface area (Å²) in [5.74, 6) is -0.0193. The average molecular weight is 466 g/mol.